The molecule has 3 nitrogen and oxygen atoms in total. The van der Waals surface area contributed by atoms with Crippen molar-refractivity contribution in [1.29, 1.82) is 0 Å². The molecule has 1 aromatic heterocycles. The first-order valence-electron chi connectivity index (χ1n) is 8.19. The fraction of sp³-hybridized carbons (Fsp3) is 0.0476. The molecule has 0 saturated heterocycles. The van der Waals surface area contributed by atoms with E-state index in [9.17, 15) is 13.6 Å². The van der Waals surface area contributed by atoms with Crippen molar-refractivity contribution in [3.8, 4) is 16.8 Å². The zero-order valence-electron chi connectivity index (χ0n) is 14.0. The lowest BCUT2D eigenvalue weighted by Gasteiger charge is -2.09. The average Bonchev–Trinajstić information content (AvgIpc) is 3.10. The van der Waals surface area contributed by atoms with Crippen LogP contribution < -0.4 is 0 Å². The highest BCUT2D eigenvalue weighted by molar-refractivity contribution is 9.09. The molecule has 4 aromatic rings. The third kappa shape index (κ3) is 3.28. The quantitative estimate of drug-likeness (QED) is 0.316. The summed E-state index contributed by atoms with van der Waals surface area (Å²) in [6.07, 6.45) is 1.66. The van der Waals surface area contributed by atoms with Crippen molar-refractivity contribution in [2.24, 2.45) is 0 Å². The van der Waals surface area contributed by atoms with E-state index in [1.807, 2.05) is 28.8 Å². The van der Waals surface area contributed by atoms with Crippen LogP contribution in [0.25, 0.3) is 27.8 Å². The van der Waals surface area contributed by atoms with Gasteiger partial charge in [0.25, 0.3) is 0 Å². The van der Waals surface area contributed by atoms with Gasteiger partial charge in [-0.2, -0.15) is 0 Å². The maximum atomic E-state index is 14.1. The Labute approximate surface area is 162 Å². The van der Waals surface area contributed by atoms with Crippen LogP contribution in [0, 0.1) is 11.6 Å². The number of hydrogen-bond acceptors (Lipinski definition) is 2. The van der Waals surface area contributed by atoms with E-state index >= 15 is 0 Å². The van der Waals surface area contributed by atoms with Gasteiger partial charge in [-0.05, 0) is 48.0 Å². The van der Waals surface area contributed by atoms with Crippen LogP contribution in [0.3, 0.4) is 0 Å². The molecule has 1 heterocycles. The molecule has 3 aromatic carbocycles. The minimum absolute atomic E-state index is 0.0137. The zero-order chi connectivity index (χ0) is 19.0. The second-order valence-corrected chi connectivity index (χ2v) is 6.61. The SMILES string of the molecule is O=C(CBr)c1ccc2c(c1)ncn2-c1cccc(-c2ccc(F)cc2F)c1. The van der Waals surface area contributed by atoms with Crippen molar-refractivity contribution >= 4 is 32.7 Å². The molecule has 0 fully saturated rings. The number of fused-ring (bicyclic) bond motifs is 1. The number of carbonyl (C=O) groups excluding carboxylic acids is 1. The third-order valence-corrected chi connectivity index (χ3v) is 4.87. The van der Waals surface area contributed by atoms with E-state index in [1.165, 1.54) is 12.1 Å². The molecule has 0 amide bonds. The number of alkyl halides is 1. The Hall–Kier alpha value is -2.86. The summed E-state index contributed by atoms with van der Waals surface area (Å²) in [7, 11) is 0. The number of rotatable bonds is 4. The van der Waals surface area contributed by atoms with Gasteiger partial charge in [-0.15, -0.1) is 0 Å². The van der Waals surface area contributed by atoms with Crippen molar-refractivity contribution in [2.75, 3.05) is 5.33 Å². The Kier molecular flexibility index (Phi) is 4.58. The number of hydrogen-bond donors (Lipinski definition) is 0. The van der Waals surface area contributed by atoms with Gasteiger partial charge in [0, 0.05) is 22.9 Å². The average molecular weight is 427 g/mol. The molecule has 0 unspecified atom stereocenters. The number of ketones is 1. The molecule has 0 saturated carbocycles. The van der Waals surface area contributed by atoms with Gasteiger partial charge >= 0.3 is 0 Å². The Morgan fingerprint density at radius 1 is 1.04 bits per heavy atom. The summed E-state index contributed by atoms with van der Waals surface area (Å²) in [5, 5.41) is 0.254. The minimum atomic E-state index is -0.611. The van der Waals surface area contributed by atoms with Gasteiger partial charge in [-0.1, -0.05) is 28.1 Å². The van der Waals surface area contributed by atoms with Crippen molar-refractivity contribution in [3.63, 3.8) is 0 Å². The van der Waals surface area contributed by atoms with Gasteiger partial charge in [0.2, 0.25) is 0 Å². The molecular formula is C21H13BrF2N2O. The van der Waals surface area contributed by atoms with Gasteiger partial charge in [0.05, 0.1) is 16.4 Å². The van der Waals surface area contributed by atoms with Crippen molar-refractivity contribution in [3.05, 3.63) is 84.2 Å². The van der Waals surface area contributed by atoms with E-state index in [0.29, 0.717) is 22.2 Å². The molecule has 0 aliphatic carbocycles. The summed E-state index contributed by atoms with van der Waals surface area (Å²) >= 11 is 3.17. The van der Waals surface area contributed by atoms with Crippen LogP contribution in [-0.2, 0) is 0 Å². The van der Waals surface area contributed by atoms with Gasteiger partial charge in [-0.25, -0.2) is 13.8 Å². The molecule has 0 aliphatic rings. The summed E-state index contributed by atoms with van der Waals surface area (Å²) in [5.41, 5.74) is 3.87. The molecule has 0 atom stereocenters. The molecule has 0 N–H and O–H groups in total. The van der Waals surface area contributed by atoms with Gasteiger partial charge in [0.15, 0.2) is 5.78 Å². The Bertz CT molecular complexity index is 1170. The maximum absolute atomic E-state index is 14.1. The molecule has 134 valence electrons. The third-order valence-electron chi connectivity index (χ3n) is 4.36. The van der Waals surface area contributed by atoms with E-state index in [2.05, 4.69) is 20.9 Å². The normalized spacial score (nSPS) is 11.1. The highest BCUT2D eigenvalue weighted by Gasteiger charge is 2.11. The van der Waals surface area contributed by atoms with Crippen molar-refractivity contribution in [1.82, 2.24) is 9.55 Å². The molecular weight excluding hydrogens is 414 g/mol. The highest BCUT2D eigenvalue weighted by atomic mass is 79.9. The molecule has 27 heavy (non-hydrogen) atoms. The van der Waals surface area contributed by atoms with E-state index in [0.717, 1.165) is 17.3 Å². The first kappa shape index (κ1) is 17.5. The fourth-order valence-electron chi connectivity index (χ4n) is 3.02. The van der Waals surface area contributed by atoms with Crippen LogP contribution in [0.2, 0.25) is 0 Å². The summed E-state index contributed by atoms with van der Waals surface area (Å²) in [4.78, 5) is 16.2. The van der Waals surface area contributed by atoms with E-state index in [4.69, 9.17) is 0 Å². The monoisotopic (exact) mass is 426 g/mol. The number of Topliss-reactive ketones (excluding diaryl/α,β-unsaturated/α-hetero) is 1. The van der Waals surface area contributed by atoms with Crippen LogP contribution in [0.15, 0.2) is 67.0 Å². The number of benzene rings is 3. The highest BCUT2D eigenvalue weighted by Crippen LogP contribution is 2.27. The summed E-state index contributed by atoms with van der Waals surface area (Å²) < 4.78 is 29.2. The summed E-state index contributed by atoms with van der Waals surface area (Å²) in [6.45, 7) is 0. The van der Waals surface area contributed by atoms with Crippen molar-refractivity contribution < 1.29 is 13.6 Å². The van der Waals surface area contributed by atoms with Crippen LogP contribution in [-0.4, -0.2) is 20.7 Å². The van der Waals surface area contributed by atoms with Crippen molar-refractivity contribution in [2.45, 2.75) is 0 Å². The van der Waals surface area contributed by atoms with Gasteiger partial charge < -0.3 is 0 Å². The Balaban J connectivity index is 1.79. The molecule has 4 rings (SSSR count). The predicted octanol–water partition coefficient (Wildman–Crippen LogP) is 5.55. The smallest absolute Gasteiger partial charge is 0.173 e. The molecule has 0 radical (unpaired) electrons. The fourth-order valence-corrected chi connectivity index (χ4v) is 3.34. The molecule has 0 aliphatic heterocycles. The Morgan fingerprint density at radius 2 is 1.89 bits per heavy atom. The van der Waals surface area contributed by atoms with Crippen LogP contribution in [0.1, 0.15) is 10.4 Å². The maximum Gasteiger partial charge on any atom is 0.173 e. The number of halogens is 3. The van der Waals surface area contributed by atoms with E-state index in [1.54, 1.807) is 24.5 Å². The number of nitrogens with zero attached hydrogens (tertiary/aromatic N) is 2. The molecule has 6 heteroatoms. The topological polar surface area (TPSA) is 34.9 Å². The Morgan fingerprint density at radius 3 is 2.67 bits per heavy atom. The summed E-state index contributed by atoms with van der Waals surface area (Å²) in [5.74, 6) is -1.23. The molecule has 0 spiro atoms. The first-order chi connectivity index (χ1) is 13.1. The van der Waals surface area contributed by atoms with E-state index < -0.39 is 11.6 Å². The number of imidazole rings is 1. The zero-order valence-corrected chi connectivity index (χ0v) is 15.6. The lowest BCUT2D eigenvalue weighted by molar-refractivity contribution is 0.102. The standard InChI is InChI=1S/C21H13BrF2N2O/c22-11-21(27)14-4-7-20-19(9-14)25-12-26(20)16-3-1-2-13(8-16)17-6-5-15(23)10-18(17)24/h1-10,12H,11H2. The molecule has 0 bridgehead atoms. The first-order valence-corrected chi connectivity index (χ1v) is 9.31. The predicted molar refractivity (Wildman–Crippen MR) is 105 cm³/mol. The number of carbonyl (C=O) groups is 1. The summed E-state index contributed by atoms with van der Waals surface area (Å²) in [6, 6.07) is 16.1. The second kappa shape index (κ2) is 7.04. The van der Waals surface area contributed by atoms with E-state index in [-0.39, 0.29) is 11.1 Å². The van der Waals surface area contributed by atoms with Crippen LogP contribution in [0.5, 0.6) is 0 Å². The van der Waals surface area contributed by atoms with Crippen LogP contribution in [0.4, 0.5) is 8.78 Å². The largest absolute Gasteiger partial charge is 0.299 e. The lowest BCUT2D eigenvalue weighted by Crippen LogP contribution is -1.99. The van der Waals surface area contributed by atoms with Crippen LogP contribution >= 0.6 is 15.9 Å². The second-order valence-electron chi connectivity index (χ2n) is 6.05. The number of aromatic nitrogens is 2. The van der Waals surface area contributed by atoms with Gasteiger partial charge in [-0.3, -0.25) is 9.36 Å². The lowest BCUT2D eigenvalue weighted by atomic mass is 10.0. The minimum Gasteiger partial charge on any atom is -0.299 e. The van der Waals surface area contributed by atoms with Gasteiger partial charge in [0.1, 0.15) is 18.0 Å².